The number of rotatable bonds is 2. The summed E-state index contributed by atoms with van der Waals surface area (Å²) in [5.41, 5.74) is 8.88. The molecule has 1 aliphatic rings. The lowest BCUT2D eigenvalue weighted by molar-refractivity contribution is -0.659. The average molecular weight is 536 g/mol. The maximum Gasteiger partial charge on any atom is 0.228 e. The highest BCUT2D eigenvalue weighted by Crippen LogP contribution is 2.53. The quantitative estimate of drug-likeness (QED) is 0.207. The van der Waals surface area contributed by atoms with Crippen LogP contribution in [0.3, 0.4) is 0 Å². The van der Waals surface area contributed by atoms with Crippen LogP contribution in [0.4, 0.5) is 0 Å². The number of aryl methyl sites for hydroxylation is 2. The minimum atomic E-state index is 0.0975. The molecule has 4 aromatic carbocycles. The van der Waals surface area contributed by atoms with Gasteiger partial charge < -0.3 is 9.15 Å². The van der Waals surface area contributed by atoms with E-state index in [9.17, 15) is 0 Å². The van der Waals surface area contributed by atoms with Crippen molar-refractivity contribution < 1.29 is 13.7 Å². The number of hydrogen-bond donors (Lipinski definition) is 0. The van der Waals surface area contributed by atoms with Crippen LogP contribution in [-0.2, 0) is 13.5 Å². The van der Waals surface area contributed by atoms with Gasteiger partial charge in [0.1, 0.15) is 35.1 Å². The summed E-state index contributed by atoms with van der Waals surface area (Å²) in [7, 11) is 2.13. The summed E-state index contributed by atoms with van der Waals surface area (Å²) in [5.74, 6) is 1.87. The molecule has 0 saturated heterocycles. The second-order valence-electron chi connectivity index (χ2n) is 12.6. The maximum absolute atomic E-state index is 7.03. The Hall–Kier alpha value is -4.70. The van der Waals surface area contributed by atoms with Crippen LogP contribution in [0.2, 0.25) is 0 Å². The van der Waals surface area contributed by atoms with Gasteiger partial charge in [-0.05, 0) is 64.9 Å². The first-order valence-electron chi connectivity index (χ1n) is 14.2. The Morgan fingerprint density at radius 2 is 1.66 bits per heavy atom. The summed E-state index contributed by atoms with van der Waals surface area (Å²) in [5, 5.41) is 6.87. The fraction of sp³-hybridized carbons (Fsp3) is 0.189. The van der Waals surface area contributed by atoms with Crippen LogP contribution in [0, 0.1) is 12.3 Å². The lowest BCUT2D eigenvalue weighted by atomic mass is 9.81. The van der Waals surface area contributed by atoms with Crippen LogP contribution in [0.5, 0.6) is 11.5 Å². The normalized spacial score (nSPS) is 12.8. The van der Waals surface area contributed by atoms with Gasteiger partial charge >= 0.3 is 0 Å². The van der Waals surface area contributed by atoms with Gasteiger partial charge in [0, 0.05) is 45.7 Å². The van der Waals surface area contributed by atoms with Crippen LogP contribution in [0.25, 0.3) is 65.9 Å². The zero-order valence-electron chi connectivity index (χ0n) is 24.0. The molecule has 200 valence electrons. The van der Waals surface area contributed by atoms with Crippen LogP contribution in [0.15, 0.2) is 89.7 Å². The largest absolute Gasteiger partial charge is 0.455 e. The summed E-state index contributed by atoms with van der Waals surface area (Å²) >= 11 is 0. The molecule has 0 bridgehead atoms. The van der Waals surface area contributed by atoms with Crippen molar-refractivity contribution in [3.63, 3.8) is 0 Å². The van der Waals surface area contributed by atoms with Gasteiger partial charge in [0.25, 0.3) is 0 Å². The van der Waals surface area contributed by atoms with Gasteiger partial charge in [0.05, 0.1) is 5.56 Å². The molecule has 41 heavy (non-hydrogen) atoms. The first-order chi connectivity index (χ1) is 19.8. The summed E-state index contributed by atoms with van der Waals surface area (Å²) in [4.78, 5) is 4.30. The highest BCUT2D eigenvalue weighted by atomic mass is 16.5. The number of benzene rings is 4. The molecule has 0 amide bonds. The van der Waals surface area contributed by atoms with Crippen LogP contribution < -0.4 is 9.30 Å². The Kier molecular flexibility index (Phi) is 4.94. The number of pyridine rings is 2. The van der Waals surface area contributed by atoms with Crippen molar-refractivity contribution in [1.82, 2.24) is 4.98 Å². The second kappa shape index (κ2) is 8.40. The van der Waals surface area contributed by atoms with E-state index in [0.717, 1.165) is 61.8 Å². The van der Waals surface area contributed by atoms with E-state index in [1.54, 1.807) is 6.20 Å². The highest BCUT2D eigenvalue weighted by molar-refractivity contribution is 6.20. The molecule has 0 aliphatic carbocycles. The van der Waals surface area contributed by atoms with E-state index in [1.165, 1.54) is 33.2 Å². The molecule has 0 saturated carbocycles. The molecule has 3 aromatic heterocycles. The molecule has 0 radical (unpaired) electrons. The van der Waals surface area contributed by atoms with Gasteiger partial charge in [-0.2, -0.15) is 0 Å². The molecule has 8 rings (SSSR count). The molecule has 1 aliphatic heterocycles. The molecule has 0 spiro atoms. The summed E-state index contributed by atoms with van der Waals surface area (Å²) in [6.45, 7) is 9.13. The smallest absolute Gasteiger partial charge is 0.228 e. The maximum atomic E-state index is 7.03. The Bertz CT molecular complexity index is 2200. The van der Waals surface area contributed by atoms with Crippen LogP contribution >= 0.6 is 0 Å². The molecule has 0 atom stereocenters. The van der Waals surface area contributed by atoms with Crippen molar-refractivity contribution in [2.45, 2.75) is 34.1 Å². The summed E-state index contributed by atoms with van der Waals surface area (Å²) in [6.07, 6.45) is 6.76. The third-order valence-electron chi connectivity index (χ3n) is 8.50. The number of ether oxygens (including phenoxy) is 1. The van der Waals surface area contributed by atoms with Crippen molar-refractivity contribution in [2.75, 3.05) is 0 Å². The molecule has 4 heteroatoms. The van der Waals surface area contributed by atoms with E-state index in [4.69, 9.17) is 9.15 Å². The summed E-state index contributed by atoms with van der Waals surface area (Å²) in [6, 6.07) is 23.6. The molecule has 0 unspecified atom stereocenters. The molecular weight excluding hydrogens is 504 g/mol. The Morgan fingerprint density at radius 1 is 0.829 bits per heavy atom. The minimum absolute atomic E-state index is 0.0975. The van der Waals surface area contributed by atoms with E-state index >= 15 is 0 Å². The lowest BCUT2D eigenvalue weighted by Crippen LogP contribution is -2.32. The first-order valence-corrected chi connectivity index (χ1v) is 14.2. The van der Waals surface area contributed by atoms with E-state index in [1.807, 2.05) is 12.3 Å². The zero-order valence-corrected chi connectivity index (χ0v) is 24.0. The zero-order chi connectivity index (χ0) is 28.0. The lowest BCUT2D eigenvalue weighted by Gasteiger charge is -2.28. The number of furan rings is 1. The van der Waals surface area contributed by atoms with E-state index < -0.39 is 0 Å². The fourth-order valence-electron chi connectivity index (χ4n) is 6.71. The highest BCUT2D eigenvalue weighted by Gasteiger charge is 2.35. The van der Waals surface area contributed by atoms with Gasteiger partial charge in [-0.1, -0.05) is 57.2 Å². The monoisotopic (exact) mass is 535 g/mol. The number of aromatic nitrogens is 2. The predicted octanol–water partition coefficient (Wildman–Crippen LogP) is 9.45. The number of fused-ring (bicyclic) bond motifs is 7. The average Bonchev–Trinajstić information content (AvgIpc) is 3.34. The van der Waals surface area contributed by atoms with Gasteiger partial charge in [0.15, 0.2) is 6.20 Å². The minimum Gasteiger partial charge on any atom is -0.455 e. The molecule has 7 aromatic rings. The van der Waals surface area contributed by atoms with E-state index in [2.05, 4.69) is 111 Å². The standard InChI is InChI=1S/C37H31N2O2/c1-21-24-10-6-7-11-25(24)29(19-37(2,3)4)36-32(21)34-33-27(14-16-39(34)5)35-28(18-31(33)41-36)26-13-12-22(17-30(26)40-35)23-9-8-15-38-20-23/h6-18,20H,19H2,1-5H3/q+1. The SMILES string of the molecule is Cc1c2c(c(CC(C)(C)C)c3ccccc13)Oc1cc3c4ccc(-c5cccnc5)cc4oc3c3cc[n+](C)c-2c13. The fourth-order valence-corrected chi connectivity index (χ4v) is 6.71. The molecule has 4 heterocycles. The number of hydrogen-bond acceptors (Lipinski definition) is 3. The Morgan fingerprint density at radius 3 is 2.44 bits per heavy atom. The van der Waals surface area contributed by atoms with Crippen molar-refractivity contribution in [1.29, 1.82) is 0 Å². The van der Waals surface area contributed by atoms with E-state index in [-0.39, 0.29) is 5.41 Å². The van der Waals surface area contributed by atoms with Crippen molar-refractivity contribution in [3.05, 3.63) is 96.4 Å². The predicted molar refractivity (Wildman–Crippen MR) is 167 cm³/mol. The molecular formula is C37H31N2O2+. The van der Waals surface area contributed by atoms with Gasteiger partial charge in [-0.25, -0.2) is 4.57 Å². The second-order valence-corrected chi connectivity index (χ2v) is 12.6. The van der Waals surface area contributed by atoms with Crippen LogP contribution in [-0.4, -0.2) is 4.98 Å². The van der Waals surface area contributed by atoms with E-state index in [0.29, 0.717) is 0 Å². The Labute approximate surface area is 238 Å². The van der Waals surface area contributed by atoms with Crippen molar-refractivity contribution >= 4 is 43.5 Å². The van der Waals surface area contributed by atoms with Crippen LogP contribution in [0.1, 0.15) is 31.9 Å². The third-order valence-corrected chi connectivity index (χ3v) is 8.50. The molecule has 4 nitrogen and oxygen atoms in total. The van der Waals surface area contributed by atoms with Gasteiger partial charge in [-0.15, -0.1) is 0 Å². The molecule has 0 N–H and O–H groups in total. The topological polar surface area (TPSA) is 39.1 Å². The Balaban J connectivity index is 1.46. The molecule has 0 fully saturated rings. The van der Waals surface area contributed by atoms with Gasteiger partial charge in [0.2, 0.25) is 5.69 Å². The number of nitrogens with zero attached hydrogens (tertiary/aromatic N) is 2. The van der Waals surface area contributed by atoms with Gasteiger partial charge in [-0.3, -0.25) is 4.98 Å². The van der Waals surface area contributed by atoms with Crippen molar-refractivity contribution in [3.8, 4) is 33.9 Å². The third kappa shape index (κ3) is 3.53. The van der Waals surface area contributed by atoms with Crippen molar-refractivity contribution in [2.24, 2.45) is 12.5 Å². The summed E-state index contributed by atoms with van der Waals surface area (Å²) < 4.78 is 15.9. The first kappa shape index (κ1) is 24.1.